The number of nitrogens with one attached hydrogen (secondary N) is 4. The van der Waals surface area contributed by atoms with Gasteiger partial charge in [0, 0.05) is 12.1 Å². The highest BCUT2D eigenvalue weighted by Crippen LogP contribution is 2.24. The quantitative estimate of drug-likeness (QED) is 0.224. The molecule has 1 aliphatic rings. The maximum Gasteiger partial charge on any atom is 0.411 e. The normalized spacial score (nSPS) is 14.9. The lowest BCUT2D eigenvalue weighted by atomic mass is 10.1. The van der Waals surface area contributed by atoms with Crippen molar-refractivity contribution >= 4 is 35.2 Å². The van der Waals surface area contributed by atoms with Crippen LogP contribution < -0.4 is 21.4 Å². The second kappa shape index (κ2) is 11.6. The Bertz CT molecular complexity index is 1010. The van der Waals surface area contributed by atoms with E-state index in [1.807, 2.05) is 30.3 Å². The SMILES string of the molecule is O=C(CCCCC[C@@H]1NC(=O)c2cc(NC(=O)OCc3ccccc3)ccc2NC1=O)NO. The molecule has 3 rings (SSSR count). The van der Waals surface area contributed by atoms with Crippen molar-refractivity contribution in [3.8, 4) is 0 Å². The predicted octanol–water partition coefficient (Wildman–Crippen LogP) is 2.94. The minimum Gasteiger partial charge on any atom is -0.444 e. The number of carbonyl (C=O) groups excluding carboxylic acids is 4. The lowest BCUT2D eigenvalue weighted by Gasteiger charge is -2.14. The Kier molecular flexibility index (Phi) is 8.36. The van der Waals surface area contributed by atoms with Gasteiger partial charge in [0.05, 0.1) is 11.3 Å². The first-order valence-electron chi connectivity index (χ1n) is 10.6. The molecule has 0 saturated carbocycles. The van der Waals surface area contributed by atoms with Gasteiger partial charge >= 0.3 is 6.09 Å². The van der Waals surface area contributed by atoms with Crippen LogP contribution in [-0.2, 0) is 20.9 Å². The third-order valence-corrected chi connectivity index (χ3v) is 5.12. The third kappa shape index (κ3) is 7.04. The molecule has 10 heteroatoms. The number of unbranched alkanes of at least 4 members (excludes halogenated alkanes) is 2. The predicted molar refractivity (Wildman–Crippen MR) is 120 cm³/mol. The average Bonchev–Trinajstić information content (AvgIpc) is 2.93. The number of hydroxylamine groups is 1. The molecule has 33 heavy (non-hydrogen) atoms. The molecular weight excluding hydrogens is 428 g/mol. The largest absolute Gasteiger partial charge is 0.444 e. The fourth-order valence-corrected chi connectivity index (χ4v) is 3.39. The number of hydrogen-bond acceptors (Lipinski definition) is 6. The molecule has 1 aliphatic heterocycles. The molecule has 0 unspecified atom stereocenters. The first-order chi connectivity index (χ1) is 16.0. The van der Waals surface area contributed by atoms with Crippen molar-refractivity contribution in [2.45, 2.75) is 44.8 Å². The summed E-state index contributed by atoms with van der Waals surface area (Å²) in [4.78, 5) is 48.3. The zero-order chi connectivity index (χ0) is 23.6. The molecule has 10 nitrogen and oxygen atoms in total. The number of amides is 4. The molecule has 0 radical (unpaired) electrons. The summed E-state index contributed by atoms with van der Waals surface area (Å²) < 4.78 is 5.19. The second-order valence-electron chi connectivity index (χ2n) is 7.60. The van der Waals surface area contributed by atoms with E-state index in [0.717, 1.165) is 5.56 Å². The van der Waals surface area contributed by atoms with Gasteiger partial charge in [-0.2, -0.15) is 0 Å². The lowest BCUT2D eigenvalue weighted by molar-refractivity contribution is -0.129. The molecule has 4 amide bonds. The zero-order valence-electron chi connectivity index (χ0n) is 17.9. The van der Waals surface area contributed by atoms with Gasteiger partial charge in [0.25, 0.3) is 5.91 Å². The van der Waals surface area contributed by atoms with E-state index < -0.39 is 23.9 Å². The van der Waals surface area contributed by atoms with E-state index in [2.05, 4.69) is 16.0 Å². The van der Waals surface area contributed by atoms with Gasteiger partial charge in [-0.1, -0.05) is 43.2 Å². The summed E-state index contributed by atoms with van der Waals surface area (Å²) in [5.41, 5.74) is 3.36. The zero-order valence-corrected chi connectivity index (χ0v) is 17.9. The summed E-state index contributed by atoms with van der Waals surface area (Å²) in [6.45, 7) is 0.112. The first kappa shape index (κ1) is 23.7. The molecule has 0 saturated heterocycles. The van der Waals surface area contributed by atoms with Gasteiger partial charge in [0.15, 0.2) is 0 Å². The monoisotopic (exact) mass is 454 g/mol. The van der Waals surface area contributed by atoms with Gasteiger partial charge in [0.2, 0.25) is 11.8 Å². The molecule has 0 spiro atoms. The lowest BCUT2D eigenvalue weighted by Crippen LogP contribution is -2.41. The van der Waals surface area contributed by atoms with Crippen LogP contribution in [0.15, 0.2) is 48.5 Å². The van der Waals surface area contributed by atoms with E-state index in [-0.39, 0.29) is 24.5 Å². The number of hydrogen-bond donors (Lipinski definition) is 5. The number of benzene rings is 2. The van der Waals surface area contributed by atoms with Gasteiger partial charge in [-0.15, -0.1) is 0 Å². The average molecular weight is 454 g/mol. The summed E-state index contributed by atoms with van der Waals surface area (Å²) >= 11 is 0. The minimum atomic E-state index is -0.719. The maximum absolute atomic E-state index is 12.7. The fourth-order valence-electron chi connectivity index (χ4n) is 3.39. The van der Waals surface area contributed by atoms with Gasteiger partial charge < -0.3 is 15.4 Å². The van der Waals surface area contributed by atoms with Crippen molar-refractivity contribution in [3.63, 3.8) is 0 Å². The Hall–Kier alpha value is -3.92. The van der Waals surface area contributed by atoms with E-state index in [4.69, 9.17) is 9.94 Å². The Morgan fingerprint density at radius 2 is 1.82 bits per heavy atom. The van der Waals surface area contributed by atoms with E-state index in [1.165, 1.54) is 6.07 Å². The Balaban J connectivity index is 1.54. The molecule has 2 aromatic carbocycles. The third-order valence-electron chi connectivity index (χ3n) is 5.12. The molecular formula is C23H26N4O6. The van der Waals surface area contributed by atoms with Crippen LogP contribution in [0, 0.1) is 0 Å². The van der Waals surface area contributed by atoms with Crippen LogP contribution in [0.25, 0.3) is 0 Å². The first-order valence-corrected chi connectivity index (χ1v) is 10.6. The van der Waals surface area contributed by atoms with Crippen LogP contribution in [0.3, 0.4) is 0 Å². The smallest absolute Gasteiger partial charge is 0.411 e. The summed E-state index contributed by atoms with van der Waals surface area (Å²) in [7, 11) is 0. The number of carbonyl (C=O) groups is 4. The molecule has 0 fully saturated rings. The summed E-state index contributed by atoms with van der Waals surface area (Å²) in [6.07, 6.45) is 1.78. The highest BCUT2D eigenvalue weighted by molar-refractivity contribution is 6.10. The molecule has 0 aromatic heterocycles. The summed E-state index contributed by atoms with van der Waals surface area (Å²) in [5, 5.41) is 16.5. The standard InChI is InChI=1S/C23H26N4O6/c28-20(27-32)10-6-2-5-9-19-22(30)25-18-12-11-16(13-17(18)21(29)26-19)24-23(31)33-14-15-7-3-1-4-8-15/h1,3-4,7-8,11-13,19,32H,2,5-6,9-10,14H2,(H,24,31)(H,25,30)(H,26,29)(H,27,28)/t19-/m0/s1. The van der Waals surface area contributed by atoms with Crippen LogP contribution in [0.1, 0.15) is 48.0 Å². The fraction of sp³-hybridized carbons (Fsp3) is 0.304. The highest BCUT2D eigenvalue weighted by Gasteiger charge is 2.27. The van der Waals surface area contributed by atoms with Crippen LogP contribution in [0.4, 0.5) is 16.2 Å². The van der Waals surface area contributed by atoms with E-state index in [0.29, 0.717) is 37.1 Å². The van der Waals surface area contributed by atoms with Gasteiger partial charge in [0.1, 0.15) is 12.6 Å². The Morgan fingerprint density at radius 1 is 1.03 bits per heavy atom. The number of rotatable bonds is 9. The van der Waals surface area contributed by atoms with Crippen LogP contribution in [0.2, 0.25) is 0 Å². The molecule has 2 aromatic rings. The number of anilines is 2. The summed E-state index contributed by atoms with van der Waals surface area (Å²) in [6, 6.07) is 13.1. The molecule has 5 N–H and O–H groups in total. The van der Waals surface area contributed by atoms with Gasteiger partial charge in [-0.3, -0.25) is 24.9 Å². The van der Waals surface area contributed by atoms with Crippen molar-refractivity contribution < 1.29 is 29.1 Å². The molecule has 1 atom stereocenters. The van der Waals surface area contributed by atoms with Gasteiger partial charge in [-0.05, 0) is 36.6 Å². The Morgan fingerprint density at radius 3 is 2.58 bits per heavy atom. The van der Waals surface area contributed by atoms with Crippen molar-refractivity contribution in [1.29, 1.82) is 0 Å². The topological polar surface area (TPSA) is 146 Å². The maximum atomic E-state index is 12.7. The van der Waals surface area contributed by atoms with E-state index in [1.54, 1.807) is 17.6 Å². The number of fused-ring (bicyclic) bond motifs is 1. The molecule has 0 bridgehead atoms. The molecule has 1 heterocycles. The summed E-state index contributed by atoms with van der Waals surface area (Å²) in [5.74, 6) is -1.23. The second-order valence-corrected chi connectivity index (χ2v) is 7.60. The minimum absolute atomic E-state index is 0.112. The molecule has 0 aliphatic carbocycles. The van der Waals surface area contributed by atoms with E-state index in [9.17, 15) is 19.2 Å². The van der Waals surface area contributed by atoms with Crippen LogP contribution >= 0.6 is 0 Å². The van der Waals surface area contributed by atoms with Crippen molar-refractivity contribution in [1.82, 2.24) is 10.8 Å². The highest BCUT2D eigenvalue weighted by atomic mass is 16.5. The van der Waals surface area contributed by atoms with Crippen molar-refractivity contribution in [3.05, 3.63) is 59.7 Å². The molecule has 174 valence electrons. The number of ether oxygens (including phenoxy) is 1. The van der Waals surface area contributed by atoms with Gasteiger partial charge in [-0.25, -0.2) is 10.3 Å². The van der Waals surface area contributed by atoms with E-state index >= 15 is 0 Å². The van der Waals surface area contributed by atoms with Crippen molar-refractivity contribution in [2.24, 2.45) is 0 Å². The van der Waals surface area contributed by atoms with Crippen molar-refractivity contribution in [2.75, 3.05) is 10.6 Å². The van der Waals surface area contributed by atoms with Crippen LogP contribution in [-0.4, -0.2) is 35.1 Å². The van der Waals surface area contributed by atoms with Crippen LogP contribution in [0.5, 0.6) is 0 Å². The Labute approximate surface area is 190 Å².